The van der Waals surface area contributed by atoms with E-state index in [9.17, 15) is 9.13 Å². The van der Waals surface area contributed by atoms with Gasteiger partial charge in [-0.1, -0.05) is 12.1 Å². The first-order valence-electron chi connectivity index (χ1n) is 8.33. The minimum absolute atomic E-state index is 0.0933. The van der Waals surface area contributed by atoms with Crippen LogP contribution >= 0.6 is 15.2 Å². The summed E-state index contributed by atoms with van der Waals surface area (Å²) in [4.78, 5) is 0. The van der Waals surface area contributed by atoms with Gasteiger partial charge >= 0.3 is 15.2 Å². The summed E-state index contributed by atoms with van der Waals surface area (Å²) >= 11 is 0. The smallest absolute Gasteiger partial charge is 0.361 e. The lowest BCUT2D eigenvalue weighted by molar-refractivity contribution is -0.0646. The van der Waals surface area contributed by atoms with E-state index in [0.717, 1.165) is 0 Å². The van der Waals surface area contributed by atoms with Crippen LogP contribution in [-0.4, -0.2) is 26.4 Å². The molecule has 0 atom stereocenters. The van der Waals surface area contributed by atoms with Crippen LogP contribution in [0, 0.1) is 5.41 Å². The lowest BCUT2D eigenvalue weighted by Gasteiger charge is -2.42. The Bertz CT molecular complexity index is 861. The van der Waals surface area contributed by atoms with Gasteiger partial charge in [-0.05, 0) is 36.4 Å². The Morgan fingerprint density at radius 1 is 0.704 bits per heavy atom. The van der Waals surface area contributed by atoms with Crippen LogP contribution in [0.1, 0.15) is 0 Å². The zero-order valence-electron chi connectivity index (χ0n) is 14.4. The summed E-state index contributed by atoms with van der Waals surface area (Å²) in [6.07, 6.45) is 0. The minimum Gasteiger partial charge on any atom is -0.399 e. The fourth-order valence-corrected chi connectivity index (χ4v) is 6.57. The molecule has 144 valence electrons. The van der Waals surface area contributed by atoms with E-state index in [-0.39, 0.29) is 26.4 Å². The summed E-state index contributed by atoms with van der Waals surface area (Å²) in [7, 11) is -6.92. The van der Waals surface area contributed by atoms with Gasteiger partial charge in [-0.3, -0.25) is 9.13 Å². The first-order chi connectivity index (χ1) is 12.8. The Labute approximate surface area is 156 Å². The van der Waals surface area contributed by atoms with E-state index in [2.05, 4.69) is 0 Å². The van der Waals surface area contributed by atoms with Crippen molar-refractivity contribution in [3.63, 3.8) is 0 Å². The van der Waals surface area contributed by atoms with Gasteiger partial charge in [0.1, 0.15) is 0 Å². The maximum atomic E-state index is 12.9. The van der Waals surface area contributed by atoms with E-state index in [1.807, 2.05) is 0 Å². The summed E-state index contributed by atoms with van der Waals surface area (Å²) in [6.45, 7) is 0.373. The minimum atomic E-state index is -3.46. The van der Waals surface area contributed by atoms with Gasteiger partial charge in [0.2, 0.25) is 0 Å². The molecule has 0 radical (unpaired) electrons. The third kappa shape index (κ3) is 3.57. The number of anilines is 2. The van der Waals surface area contributed by atoms with E-state index in [1.165, 1.54) is 0 Å². The molecule has 0 bridgehead atoms. The van der Waals surface area contributed by atoms with Crippen molar-refractivity contribution < 1.29 is 27.2 Å². The second-order valence-corrected chi connectivity index (χ2v) is 10.8. The van der Waals surface area contributed by atoms with Crippen LogP contribution in [0.15, 0.2) is 48.5 Å². The fourth-order valence-electron chi connectivity index (χ4n) is 2.90. The summed E-state index contributed by atoms with van der Waals surface area (Å²) < 4.78 is 48.3. The van der Waals surface area contributed by atoms with Gasteiger partial charge in [0, 0.05) is 11.4 Å². The molecule has 2 aromatic rings. The van der Waals surface area contributed by atoms with Crippen molar-refractivity contribution in [2.45, 2.75) is 0 Å². The topological polar surface area (TPSA) is 123 Å². The summed E-state index contributed by atoms with van der Waals surface area (Å²) in [5.41, 5.74) is 11.8. The first kappa shape index (κ1) is 18.7. The maximum absolute atomic E-state index is 12.9. The quantitative estimate of drug-likeness (QED) is 0.571. The van der Waals surface area contributed by atoms with Crippen molar-refractivity contribution in [3.05, 3.63) is 48.5 Å². The zero-order chi connectivity index (χ0) is 19.1. The number of nitrogen functional groups attached to an aromatic ring is 2. The van der Waals surface area contributed by atoms with Crippen LogP contribution in [0.3, 0.4) is 0 Å². The van der Waals surface area contributed by atoms with E-state index in [4.69, 9.17) is 29.6 Å². The molecule has 2 heterocycles. The highest BCUT2D eigenvalue weighted by molar-refractivity contribution is 7.62. The van der Waals surface area contributed by atoms with Crippen molar-refractivity contribution in [2.24, 2.45) is 5.41 Å². The van der Waals surface area contributed by atoms with Crippen LogP contribution in [0.2, 0.25) is 0 Å². The van der Waals surface area contributed by atoms with Crippen molar-refractivity contribution in [3.8, 4) is 0 Å². The van der Waals surface area contributed by atoms with Gasteiger partial charge in [-0.15, -0.1) is 0 Å². The molecule has 2 aliphatic heterocycles. The number of hydrogen-bond acceptors (Lipinski definition) is 8. The van der Waals surface area contributed by atoms with Crippen LogP contribution in [0.4, 0.5) is 11.4 Å². The molecular weight excluding hydrogens is 390 g/mol. The highest BCUT2D eigenvalue weighted by Gasteiger charge is 2.49. The molecule has 4 N–H and O–H groups in total. The van der Waals surface area contributed by atoms with E-state index in [1.54, 1.807) is 48.5 Å². The monoisotopic (exact) mass is 410 g/mol. The van der Waals surface area contributed by atoms with Gasteiger partial charge in [0.25, 0.3) is 0 Å². The van der Waals surface area contributed by atoms with Gasteiger partial charge in [0.15, 0.2) is 0 Å². The molecule has 0 amide bonds. The lowest BCUT2D eigenvalue weighted by Crippen LogP contribution is -2.47. The van der Waals surface area contributed by atoms with Crippen LogP contribution in [-0.2, 0) is 27.2 Å². The van der Waals surface area contributed by atoms with Crippen molar-refractivity contribution in [1.29, 1.82) is 0 Å². The molecule has 0 aliphatic carbocycles. The molecule has 2 saturated heterocycles. The predicted molar refractivity (Wildman–Crippen MR) is 102 cm³/mol. The number of benzene rings is 2. The molecule has 2 aliphatic rings. The Morgan fingerprint density at radius 3 is 1.41 bits per heavy atom. The molecule has 10 heteroatoms. The molecule has 0 saturated carbocycles. The normalized spacial score (nSPS) is 33.8. The third-order valence-corrected chi connectivity index (χ3v) is 8.23. The first-order valence-corrected chi connectivity index (χ1v) is 11.4. The molecular formula is C17H20N2O6P2. The molecule has 4 rings (SSSR count). The molecule has 2 fully saturated rings. The van der Waals surface area contributed by atoms with Crippen molar-refractivity contribution in [2.75, 3.05) is 37.9 Å². The summed E-state index contributed by atoms with van der Waals surface area (Å²) in [6, 6.07) is 13.2. The lowest BCUT2D eigenvalue weighted by atomic mass is 9.93. The highest BCUT2D eigenvalue weighted by atomic mass is 31.2. The standard InChI is InChI=1S/C17H20N2O6P2/c18-13-3-1-5-15(7-13)26(20)22-9-17(10-23-26)11-24-27(21,25-12-17)16-6-2-4-14(19)8-16/h1-8H,9-12,18-19H2. The number of rotatable bonds is 2. The van der Waals surface area contributed by atoms with Crippen LogP contribution in [0.25, 0.3) is 0 Å². The predicted octanol–water partition coefficient (Wildman–Crippen LogP) is 2.27. The van der Waals surface area contributed by atoms with E-state index in [0.29, 0.717) is 22.0 Å². The molecule has 1 spiro atoms. The van der Waals surface area contributed by atoms with Gasteiger partial charge in [-0.2, -0.15) is 0 Å². The molecule has 27 heavy (non-hydrogen) atoms. The van der Waals surface area contributed by atoms with Gasteiger partial charge < -0.3 is 29.6 Å². The van der Waals surface area contributed by atoms with Gasteiger partial charge in [0.05, 0.1) is 42.5 Å². The van der Waals surface area contributed by atoms with Crippen molar-refractivity contribution >= 4 is 37.2 Å². The Hall–Kier alpha value is -1.66. The second kappa shape index (κ2) is 6.74. The number of hydrogen-bond donors (Lipinski definition) is 2. The second-order valence-electron chi connectivity index (χ2n) is 6.78. The van der Waals surface area contributed by atoms with E-state index < -0.39 is 20.6 Å². The largest absolute Gasteiger partial charge is 0.399 e. The average molecular weight is 410 g/mol. The summed E-state index contributed by atoms with van der Waals surface area (Å²) in [5, 5.41) is 0.806. The van der Waals surface area contributed by atoms with E-state index >= 15 is 0 Å². The SMILES string of the molecule is Nc1cccc(P2(=O)OCC3(CO2)COP(=O)(c2cccc(N)c2)OC3)c1. The molecule has 0 aromatic heterocycles. The van der Waals surface area contributed by atoms with Gasteiger partial charge in [-0.25, -0.2) is 0 Å². The maximum Gasteiger partial charge on any atom is 0.361 e. The molecule has 2 aromatic carbocycles. The Kier molecular flexibility index (Phi) is 4.67. The Balaban J connectivity index is 1.46. The highest BCUT2D eigenvalue weighted by Crippen LogP contribution is 2.58. The van der Waals surface area contributed by atoms with Crippen LogP contribution < -0.4 is 22.1 Å². The number of nitrogens with two attached hydrogens (primary N) is 2. The zero-order valence-corrected chi connectivity index (χ0v) is 16.2. The van der Waals surface area contributed by atoms with Crippen molar-refractivity contribution in [1.82, 2.24) is 0 Å². The third-order valence-electron chi connectivity index (χ3n) is 4.54. The average Bonchev–Trinajstić information content (AvgIpc) is 2.67. The molecule has 0 unspecified atom stereocenters. The summed E-state index contributed by atoms with van der Waals surface area (Å²) in [5.74, 6) is 0. The Morgan fingerprint density at radius 2 is 1.07 bits per heavy atom. The van der Waals surface area contributed by atoms with Crippen LogP contribution in [0.5, 0.6) is 0 Å². The fraction of sp³-hybridized carbons (Fsp3) is 0.294. The molecule has 8 nitrogen and oxygen atoms in total.